The lowest BCUT2D eigenvalue weighted by Gasteiger charge is -2.20. The molecule has 4 aromatic carbocycles. The Hall–Kier alpha value is -4.73. The quantitative estimate of drug-likeness (QED) is 0.100. The van der Waals surface area contributed by atoms with Crippen molar-refractivity contribution < 1.29 is 19.8 Å². The maximum absolute atomic E-state index is 13.5. The molecule has 2 amide bonds. The van der Waals surface area contributed by atoms with Crippen molar-refractivity contribution in [1.82, 2.24) is 0 Å². The Morgan fingerprint density at radius 1 is 1.10 bits per heavy atom. The summed E-state index contributed by atoms with van der Waals surface area (Å²) in [6.45, 7) is 2.28. The number of rotatable bonds is 6. The van der Waals surface area contributed by atoms with Crippen molar-refractivity contribution >= 4 is 51.2 Å². The second-order valence-electron chi connectivity index (χ2n) is 9.63. The van der Waals surface area contributed by atoms with Crippen molar-refractivity contribution in [1.29, 1.82) is 0 Å². The summed E-state index contributed by atoms with van der Waals surface area (Å²) in [5.74, 6) is 5.71. The standard InChI is InChI=1S/C30H28ClN5O4/c1-17-3-2-4-23-26(38)13-25-28(27(17)23)19(14-31)15-35(25)30(40)24(32)16-36(33)21-9-7-20(8-10-21)34-29(39)18-5-11-22(37)12-6-18/h2-13,16,19,37-38H,14-15,32-33H2,1H3,(H,34,39)/b24-16-/t19-/m1/s1. The molecule has 7 N–H and O–H groups in total. The van der Waals surface area contributed by atoms with Crippen LogP contribution in [0.5, 0.6) is 11.5 Å². The molecule has 1 aliphatic rings. The van der Waals surface area contributed by atoms with Crippen LogP contribution in [0.2, 0.25) is 0 Å². The van der Waals surface area contributed by atoms with Crippen molar-refractivity contribution in [3.05, 3.63) is 101 Å². The molecule has 0 saturated heterocycles. The second kappa shape index (κ2) is 10.8. The molecule has 1 heterocycles. The number of phenolic OH excluding ortho intramolecular Hbond substituents is 2. The molecular formula is C30H28ClN5O4. The van der Waals surface area contributed by atoms with Gasteiger partial charge in [0.1, 0.15) is 17.2 Å². The van der Waals surface area contributed by atoms with E-state index in [0.29, 0.717) is 40.4 Å². The van der Waals surface area contributed by atoms with Crippen LogP contribution in [0.15, 0.2) is 84.7 Å². The Morgan fingerprint density at radius 3 is 2.48 bits per heavy atom. The maximum atomic E-state index is 13.5. The Labute approximate surface area is 235 Å². The molecule has 0 aliphatic carbocycles. The largest absolute Gasteiger partial charge is 0.508 e. The Balaban J connectivity index is 1.34. The number of nitrogens with one attached hydrogen (secondary N) is 1. The zero-order valence-electron chi connectivity index (χ0n) is 21.6. The molecule has 0 bridgehead atoms. The first kappa shape index (κ1) is 26.9. The van der Waals surface area contributed by atoms with Crippen LogP contribution in [-0.2, 0) is 4.79 Å². The molecule has 10 heteroatoms. The minimum atomic E-state index is -0.463. The van der Waals surface area contributed by atoms with Crippen LogP contribution in [-0.4, -0.2) is 34.5 Å². The summed E-state index contributed by atoms with van der Waals surface area (Å²) < 4.78 is 0. The van der Waals surface area contributed by atoms with Gasteiger partial charge in [-0.05, 0) is 72.0 Å². The molecule has 0 aromatic heterocycles. The van der Waals surface area contributed by atoms with Gasteiger partial charge in [0.15, 0.2) is 0 Å². The number of fused-ring (bicyclic) bond motifs is 3. The van der Waals surface area contributed by atoms with E-state index in [9.17, 15) is 19.8 Å². The monoisotopic (exact) mass is 557 g/mol. The lowest BCUT2D eigenvalue weighted by atomic mass is 9.92. The lowest BCUT2D eigenvalue weighted by molar-refractivity contribution is -0.115. The molecule has 0 fully saturated rings. The summed E-state index contributed by atoms with van der Waals surface area (Å²) in [4.78, 5) is 27.4. The SMILES string of the molecule is Cc1cccc2c(O)cc3c(c12)[C@H](CCl)CN3C(=O)/C(N)=C/N(N)c1ccc(NC(=O)c2ccc(O)cc2)cc1. The van der Waals surface area contributed by atoms with Gasteiger partial charge < -0.3 is 26.2 Å². The topological polar surface area (TPSA) is 145 Å². The van der Waals surface area contributed by atoms with E-state index in [2.05, 4.69) is 5.32 Å². The highest BCUT2D eigenvalue weighted by Gasteiger charge is 2.35. The highest BCUT2D eigenvalue weighted by Crippen LogP contribution is 2.46. The zero-order chi connectivity index (χ0) is 28.6. The number of carbonyl (C=O) groups is 2. The first-order valence-corrected chi connectivity index (χ1v) is 13.1. The number of phenols is 2. The number of nitrogens with two attached hydrogens (primary N) is 2. The summed E-state index contributed by atoms with van der Waals surface area (Å²) in [6, 6.07) is 19.8. The van der Waals surface area contributed by atoms with Crippen molar-refractivity contribution in [2.75, 3.05) is 27.7 Å². The molecule has 9 nitrogen and oxygen atoms in total. The molecule has 0 unspecified atom stereocenters. The van der Waals surface area contributed by atoms with E-state index < -0.39 is 5.91 Å². The summed E-state index contributed by atoms with van der Waals surface area (Å²) in [5.41, 5.74) is 10.0. The van der Waals surface area contributed by atoms with Crippen molar-refractivity contribution in [3.8, 4) is 11.5 Å². The summed E-state index contributed by atoms with van der Waals surface area (Å²) >= 11 is 6.32. The third-order valence-electron chi connectivity index (χ3n) is 6.98. The molecule has 204 valence electrons. The van der Waals surface area contributed by atoms with E-state index in [1.165, 1.54) is 40.4 Å². The number of nitrogens with zero attached hydrogens (tertiary/aromatic N) is 2. The van der Waals surface area contributed by atoms with Crippen molar-refractivity contribution in [3.63, 3.8) is 0 Å². The first-order chi connectivity index (χ1) is 19.2. The third kappa shape index (κ3) is 5.00. The number of hydrogen-bond donors (Lipinski definition) is 5. The number of carbonyl (C=O) groups excluding carboxylic acids is 2. The average molecular weight is 558 g/mol. The fourth-order valence-corrected chi connectivity index (χ4v) is 5.24. The average Bonchev–Trinajstić information content (AvgIpc) is 3.31. The van der Waals surface area contributed by atoms with Crippen LogP contribution in [0.4, 0.5) is 17.1 Å². The predicted molar refractivity (Wildman–Crippen MR) is 158 cm³/mol. The number of benzene rings is 4. The number of anilines is 3. The van der Waals surface area contributed by atoms with Crippen LogP contribution < -0.4 is 26.8 Å². The van der Waals surface area contributed by atoms with Gasteiger partial charge in [-0.25, -0.2) is 5.84 Å². The van der Waals surface area contributed by atoms with Crippen molar-refractivity contribution in [2.24, 2.45) is 11.6 Å². The highest BCUT2D eigenvalue weighted by molar-refractivity contribution is 6.19. The van der Waals surface area contributed by atoms with E-state index in [1.54, 1.807) is 30.3 Å². The van der Waals surface area contributed by atoms with Gasteiger partial charge in [0.25, 0.3) is 11.8 Å². The fraction of sp³-hybridized carbons (Fsp3) is 0.133. The fourth-order valence-electron chi connectivity index (χ4n) is 4.99. The van der Waals surface area contributed by atoms with Crippen LogP contribution in [0.3, 0.4) is 0 Å². The molecule has 1 aliphatic heterocycles. The molecule has 4 aromatic rings. The predicted octanol–water partition coefficient (Wildman–Crippen LogP) is 4.66. The molecular weight excluding hydrogens is 530 g/mol. The molecule has 0 radical (unpaired) electrons. The summed E-state index contributed by atoms with van der Waals surface area (Å²) in [7, 11) is 0. The molecule has 40 heavy (non-hydrogen) atoms. The van der Waals surface area contributed by atoms with Gasteiger partial charge in [0.2, 0.25) is 0 Å². The van der Waals surface area contributed by atoms with Gasteiger partial charge in [-0.3, -0.25) is 14.6 Å². The first-order valence-electron chi connectivity index (χ1n) is 12.5. The van der Waals surface area contributed by atoms with E-state index >= 15 is 0 Å². The number of hydrazine groups is 1. The molecule has 0 saturated carbocycles. The maximum Gasteiger partial charge on any atom is 0.275 e. The van der Waals surface area contributed by atoms with Crippen LogP contribution in [0, 0.1) is 6.92 Å². The molecule has 5 rings (SSSR count). The Bertz CT molecular complexity index is 1640. The van der Waals surface area contributed by atoms with Crippen LogP contribution >= 0.6 is 11.6 Å². The molecule has 0 spiro atoms. The van der Waals surface area contributed by atoms with Gasteiger partial charge in [0.05, 0.1) is 11.4 Å². The lowest BCUT2D eigenvalue weighted by Crippen LogP contribution is -2.36. The summed E-state index contributed by atoms with van der Waals surface area (Å²) in [5, 5.41) is 25.7. The zero-order valence-corrected chi connectivity index (χ0v) is 22.4. The van der Waals surface area contributed by atoms with E-state index in [1.807, 2.05) is 25.1 Å². The van der Waals surface area contributed by atoms with E-state index in [0.717, 1.165) is 16.5 Å². The smallest absolute Gasteiger partial charge is 0.275 e. The number of aryl methyl sites for hydroxylation is 1. The van der Waals surface area contributed by atoms with Gasteiger partial charge in [-0.15, -0.1) is 11.6 Å². The number of amides is 2. The van der Waals surface area contributed by atoms with Gasteiger partial charge >= 0.3 is 0 Å². The third-order valence-corrected chi connectivity index (χ3v) is 7.35. The van der Waals surface area contributed by atoms with Gasteiger partial charge in [0, 0.05) is 47.2 Å². The second-order valence-corrected chi connectivity index (χ2v) is 9.94. The molecule has 1 atom stereocenters. The number of hydrogen-bond acceptors (Lipinski definition) is 7. The van der Waals surface area contributed by atoms with Crippen molar-refractivity contribution in [2.45, 2.75) is 12.8 Å². The van der Waals surface area contributed by atoms with E-state index in [4.69, 9.17) is 23.2 Å². The van der Waals surface area contributed by atoms with Gasteiger partial charge in [-0.2, -0.15) is 0 Å². The van der Waals surface area contributed by atoms with Gasteiger partial charge in [-0.1, -0.05) is 18.2 Å². The number of alkyl halides is 1. The van der Waals surface area contributed by atoms with Crippen LogP contribution in [0.25, 0.3) is 10.8 Å². The summed E-state index contributed by atoms with van der Waals surface area (Å²) in [6.07, 6.45) is 1.33. The minimum absolute atomic E-state index is 0.0734. The van der Waals surface area contributed by atoms with E-state index in [-0.39, 0.29) is 29.0 Å². The Morgan fingerprint density at radius 2 is 1.80 bits per heavy atom. The minimum Gasteiger partial charge on any atom is -0.508 e. The normalized spacial score (nSPS) is 14.7. The Kier molecular flexibility index (Phi) is 7.25. The number of halogens is 1. The highest BCUT2D eigenvalue weighted by atomic mass is 35.5. The number of aromatic hydroxyl groups is 2. The van der Waals surface area contributed by atoms with Crippen LogP contribution in [0.1, 0.15) is 27.4 Å².